The Balaban J connectivity index is 2.15. The van der Waals surface area contributed by atoms with Gasteiger partial charge >= 0.3 is 5.97 Å². The Kier molecular flexibility index (Phi) is 5.15. The summed E-state index contributed by atoms with van der Waals surface area (Å²) >= 11 is 3.11. The summed E-state index contributed by atoms with van der Waals surface area (Å²) in [5.41, 5.74) is 0.705. The number of carboxylic acid groups (broad SMARTS) is 1. The third-order valence-electron chi connectivity index (χ3n) is 3.47. The standard InChI is InChI=1S/C14H15BrFN3O2/c15-13-10(8-17)2-3-11(14(13)16)19-5-1-4-18(6-7-19)9-12(20)21/h2-3H,1,4-7,9H2,(H,20,21). The molecular formula is C14H15BrFN3O2. The third-order valence-corrected chi connectivity index (χ3v) is 4.25. The van der Waals surface area contributed by atoms with Crippen molar-refractivity contribution in [3.05, 3.63) is 28.0 Å². The summed E-state index contributed by atoms with van der Waals surface area (Å²) in [6.45, 7) is 2.48. The van der Waals surface area contributed by atoms with E-state index in [1.807, 2.05) is 15.9 Å². The molecule has 1 saturated heterocycles. The average Bonchev–Trinajstić information content (AvgIpc) is 2.67. The highest BCUT2D eigenvalue weighted by Crippen LogP contribution is 2.29. The number of benzene rings is 1. The number of rotatable bonds is 3. The SMILES string of the molecule is N#Cc1ccc(N2CCCN(CC(=O)O)CC2)c(F)c1Br. The molecule has 1 fully saturated rings. The molecule has 0 aliphatic carbocycles. The van der Waals surface area contributed by atoms with E-state index >= 15 is 0 Å². The molecule has 0 bridgehead atoms. The third kappa shape index (κ3) is 3.71. The molecule has 0 aromatic heterocycles. The summed E-state index contributed by atoms with van der Waals surface area (Å²) in [5.74, 6) is -1.29. The van der Waals surface area contributed by atoms with E-state index in [4.69, 9.17) is 10.4 Å². The lowest BCUT2D eigenvalue weighted by Crippen LogP contribution is -2.34. The molecule has 1 aliphatic rings. The van der Waals surface area contributed by atoms with Crippen LogP contribution in [-0.4, -0.2) is 48.7 Å². The molecule has 1 aliphatic heterocycles. The number of halogens is 2. The zero-order valence-electron chi connectivity index (χ0n) is 11.4. The van der Waals surface area contributed by atoms with Crippen molar-refractivity contribution in [2.75, 3.05) is 37.6 Å². The number of carboxylic acids is 1. The maximum absolute atomic E-state index is 14.3. The van der Waals surface area contributed by atoms with Gasteiger partial charge in [-0.1, -0.05) is 0 Å². The Bertz CT molecular complexity index is 588. The van der Waals surface area contributed by atoms with Crippen LogP contribution >= 0.6 is 15.9 Å². The highest BCUT2D eigenvalue weighted by Gasteiger charge is 2.21. The molecule has 0 radical (unpaired) electrons. The summed E-state index contributed by atoms with van der Waals surface area (Å²) in [6, 6.07) is 5.12. The van der Waals surface area contributed by atoms with E-state index in [2.05, 4.69) is 15.9 Å². The first-order valence-electron chi connectivity index (χ1n) is 6.60. The lowest BCUT2D eigenvalue weighted by Gasteiger charge is -2.24. The van der Waals surface area contributed by atoms with E-state index in [1.54, 1.807) is 12.1 Å². The topological polar surface area (TPSA) is 67.6 Å². The maximum Gasteiger partial charge on any atom is 0.317 e. The van der Waals surface area contributed by atoms with Gasteiger partial charge in [0.15, 0.2) is 5.82 Å². The molecule has 112 valence electrons. The zero-order valence-corrected chi connectivity index (χ0v) is 12.9. The van der Waals surface area contributed by atoms with Gasteiger partial charge in [0.05, 0.1) is 22.3 Å². The largest absolute Gasteiger partial charge is 0.480 e. The Morgan fingerprint density at radius 2 is 2.14 bits per heavy atom. The van der Waals surface area contributed by atoms with Gasteiger partial charge in [-0.15, -0.1) is 0 Å². The Morgan fingerprint density at radius 3 is 2.81 bits per heavy atom. The highest BCUT2D eigenvalue weighted by atomic mass is 79.9. The molecule has 7 heteroatoms. The second kappa shape index (κ2) is 6.87. The number of hydrogen-bond acceptors (Lipinski definition) is 4. The minimum Gasteiger partial charge on any atom is -0.480 e. The second-order valence-corrected chi connectivity index (χ2v) is 5.68. The summed E-state index contributed by atoms with van der Waals surface area (Å²) in [6.07, 6.45) is 0.768. The molecule has 0 unspecified atom stereocenters. The van der Waals surface area contributed by atoms with Crippen molar-refractivity contribution in [1.82, 2.24) is 4.90 Å². The van der Waals surface area contributed by atoms with E-state index in [9.17, 15) is 9.18 Å². The van der Waals surface area contributed by atoms with Gasteiger partial charge in [0.1, 0.15) is 6.07 Å². The van der Waals surface area contributed by atoms with Crippen LogP contribution < -0.4 is 4.90 Å². The van der Waals surface area contributed by atoms with Crippen LogP contribution in [0.2, 0.25) is 0 Å². The van der Waals surface area contributed by atoms with Crippen LogP contribution in [0.5, 0.6) is 0 Å². The fourth-order valence-corrected chi connectivity index (χ4v) is 2.86. The Morgan fingerprint density at radius 1 is 1.38 bits per heavy atom. The molecule has 0 saturated carbocycles. The Hall–Kier alpha value is -1.65. The molecule has 0 spiro atoms. The van der Waals surface area contributed by atoms with E-state index in [0.717, 1.165) is 6.42 Å². The normalized spacial score (nSPS) is 16.3. The predicted molar refractivity (Wildman–Crippen MR) is 79.7 cm³/mol. The van der Waals surface area contributed by atoms with E-state index < -0.39 is 11.8 Å². The maximum atomic E-state index is 14.3. The summed E-state index contributed by atoms with van der Waals surface area (Å²) in [7, 11) is 0. The fourth-order valence-electron chi connectivity index (χ4n) is 2.43. The van der Waals surface area contributed by atoms with Gasteiger partial charge < -0.3 is 10.0 Å². The molecule has 1 aromatic carbocycles. The summed E-state index contributed by atoms with van der Waals surface area (Å²) in [4.78, 5) is 14.5. The molecule has 1 aromatic rings. The molecule has 1 heterocycles. The zero-order chi connectivity index (χ0) is 15.4. The molecular weight excluding hydrogens is 341 g/mol. The van der Waals surface area contributed by atoms with Gasteiger partial charge in [0, 0.05) is 26.2 Å². The number of aliphatic carboxylic acids is 1. The van der Waals surface area contributed by atoms with Crippen LogP contribution in [0.15, 0.2) is 16.6 Å². The number of nitrogens with zero attached hydrogens (tertiary/aromatic N) is 3. The van der Waals surface area contributed by atoms with Crippen LogP contribution in [0.1, 0.15) is 12.0 Å². The minimum absolute atomic E-state index is 0.00733. The minimum atomic E-state index is -0.851. The van der Waals surface area contributed by atoms with Crippen molar-refractivity contribution < 1.29 is 14.3 Å². The van der Waals surface area contributed by atoms with Crippen LogP contribution in [0, 0.1) is 17.1 Å². The predicted octanol–water partition coefficient (Wildman–Crippen LogP) is 2.06. The van der Waals surface area contributed by atoms with Crippen molar-refractivity contribution in [2.45, 2.75) is 6.42 Å². The van der Waals surface area contributed by atoms with Crippen molar-refractivity contribution in [2.24, 2.45) is 0 Å². The summed E-state index contributed by atoms with van der Waals surface area (Å²) < 4.78 is 14.5. The summed E-state index contributed by atoms with van der Waals surface area (Å²) in [5, 5.41) is 17.7. The second-order valence-electron chi connectivity index (χ2n) is 4.88. The monoisotopic (exact) mass is 355 g/mol. The van der Waals surface area contributed by atoms with Crippen molar-refractivity contribution in [1.29, 1.82) is 5.26 Å². The lowest BCUT2D eigenvalue weighted by molar-refractivity contribution is -0.138. The van der Waals surface area contributed by atoms with Crippen molar-refractivity contribution in [3.63, 3.8) is 0 Å². The number of carbonyl (C=O) groups is 1. The van der Waals surface area contributed by atoms with E-state index in [1.165, 1.54) is 0 Å². The van der Waals surface area contributed by atoms with Crippen LogP contribution in [-0.2, 0) is 4.79 Å². The lowest BCUT2D eigenvalue weighted by atomic mass is 10.2. The van der Waals surface area contributed by atoms with Gasteiger partial charge in [-0.25, -0.2) is 4.39 Å². The number of anilines is 1. The van der Waals surface area contributed by atoms with E-state index in [0.29, 0.717) is 31.9 Å². The Labute approximate surface area is 130 Å². The van der Waals surface area contributed by atoms with Gasteiger partial charge in [-0.3, -0.25) is 9.69 Å². The van der Waals surface area contributed by atoms with Crippen molar-refractivity contribution >= 4 is 27.6 Å². The van der Waals surface area contributed by atoms with E-state index in [-0.39, 0.29) is 16.6 Å². The number of nitriles is 1. The first-order chi connectivity index (χ1) is 10.0. The van der Waals surface area contributed by atoms with Crippen molar-refractivity contribution in [3.8, 4) is 6.07 Å². The fraction of sp³-hybridized carbons (Fsp3) is 0.429. The first kappa shape index (κ1) is 15.7. The van der Waals surface area contributed by atoms with Crippen LogP contribution in [0.3, 0.4) is 0 Å². The quantitative estimate of drug-likeness (QED) is 0.898. The first-order valence-corrected chi connectivity index (χ1v) is 7.39. The smallest absolute Gasteiger partial charge is 0.317 e. The van der Waals surface area contributed by atoms with Gasteiger partial charge in [0.25, 0.3) is 0 Å². The van der Waals surface area contributed by atoms with Gasteiger partial charge in [0.2, 0.25) is 0 Å². The van der Waals surface area contributed by atoms with Crippen LogP contribution in [0.4, 0.5) is 10.1 Å². The molecule has 2 rings (SSSR count). The van der Waals surface area contributed by atoms with Gasteiger partial charge in [-0.2, -0.15) is 5.26 Å². The molecule has 5 nitrogen and oxygen atoms in total. The number of hydrogen-bond donors (Lipinski definition) is 1. The average molecular weight is 356 g/mol. The molecule has 1 N–H and O–H groups in total. The van der Waals surface area contributed by atoms with Gasteiger partial charge in [-0.05, 0) is 34.5 Å². The molecule has 0 atom stereocenters. The molecule has 21 heavy (non-hydrogen) atoms. The highest BCUT2D eigenvalue weighted by molar-refractivity contribution is 9.10. The van der Waals surface area contributed by atoms with Crippen LogP contribution in [0.25, 0.3) is 0 Å². The molecule has 0 amide bonds.